The summed E-state index contributed by atoms with van der Waals surface area (Å²) in [5, 5.41) is 7.15. The Morgan fingerprint density at radius 3 is 2.77 bits per heavy atom. The number of hydrogen-bond donors (Lipinski definition) is 1. The molecule has 26 heavy (non-hydrogen) atoms. The van der Waals surface area contributed by atoms with Gasteiger partial charge in [-0.15, -0.1) is 0 Å². The van der Waals surface area contributed by atoms with Crippen molar-refractivity contribution in [2.24, 2.45) is 0 Å². The van der Waals surface area contributed by atoms with Crippen LogP contribution in [0.5, 0.6) is 5.75 Å². The Hall–Kier alpha value is -2.54. The number of nitrogens with one attached hydrogen (secondary N) is 1. The summed E-state index contributed by atoms with van der Waals surface area (Å²) in [5.41, 5.74) is 0.950. The fourth-order valence-electron chi connectivity index (χ4n) is 2.58. The number of benzene rings is 1. The summed E-state index contributed by atoms with van der Waals surface area (Å²) >= 11 is 3.38. The molecule has 0 aliphatic rings. The molecule has 0 bridgehead atoms. The van der Waals surface area contributed by atoms with Gasteiger partial charge in [0.1, 0.15) is 18.1 Å². The molecule has 1 N–H and O–H groups in total. The number of furan rings is 1. The monoisotopic (exact) mass is 417 g/mol. The van der Waals surface area contributed by atoms with Crippen LogP contribution in [0.25, 0.3) is 0 Å². The molecule has 0 saturated carbocycles. The van der Waals surface area contributed by atoms with E-state index >= 15 is 0 Å². The lowest BCUT2D eigenvalue weighted by molar-refractivity contribution is 0.0906. The number of nitrogens with zero attached hydrogens (tertiary/aromatic N) is 2. The first kappa shape index (κ1) is 18.3. The van der Waals surface area contributed by atoms with Crippen molar-refractivity contribution in [2.75, 3.05) is 0 Å². The fourth-order valence-corrected chi connectivity index (χ4v) is 2.84. The maximum atomic E-state index is 12.4. The summed E-state index contributed by atoms with van der Waals surface area (Å²) in [6.07, 6.45) is 1.73. The number of halogens is 1. The third kappa shape index (κ3) is 4.35. The van der Waals surface area contributed by atoms with Crippen LogP contribution in [0.2, 0.25) is 0 Å². The molecule has 0 saturated heterocycles. The molecule has 1 amide bonds. The van der Waals surface area contributed by atoms with Crippen molar-refractivity contribution < 1.29 is 13.9 Å². The van der Waals surface area contributed by atoms with E-state index < -0.39 is 0 Å². The number of aromatic nitrogens is 2. The fraction of sp³-hybridized carbons (Fsp3) is 0.263. The van der Waals surface area contributed by atoms with Gasteiger partial charge in [-0.2, -0.15) is 5.10 Å². The molecule has 6 nitrogen and oxygen atoms in total. The lowest BCUT2D eigenvalue weighted by Gasteiger charge is -2.14. The number of hydrogen-bond acceptors (Lipinski definition) is 4. The third-order valence-corrected chi connectivity index (χ3v) is 4.45. The number of ether oxygens (including phenoxy) is 1. The number of rotatable bonds is 7. The lowest BCUT2D eigenvalue weighted by atomic mass is 10.2. The van der Waals surface area contributed by atoms with Gasteiger partial charge in [-0.25, -0.2) is 0 Å². The second-order valence-electron chi connectivity index (χ2n) is 5.78. The van der Waals surface area contributed by atoms with E-state index in [1.54, 1.807) is 18.3 Å². The minimum atomic E-state index is -0.267. The highest BCUT2D eigenvalue weighted by Crippen LogP contribution is 2.19. The number of aryl methyl sites for hydroxylation is 1. The zero-order chi connectivity index (χ0) is 18.5. The average molecular weight is 418 g/mol. The summed E-state index contributed by atoms with van der Waals surface area (Å²) < 4.78 is 14.1. The van der Waals surface area contributed by atoms with Gasteiger partial charge in [0.15, 0.2) is 5.76 Å². The van der Waals surface area contributed by atoms with Crippen LogP contribution >= 0.6 is 15.9 Å². The van der Waals surface area contributed by atoms with Gasteiger partial charge in [0.05, 0.1) is 11.7 Å². The highest BCUT2D eigenvalue weighted by atomic mass is 79.9. The lowest BCUT2D eigenvalue weighted by Crippen LogP contribution is -2.28. The Morgan fingerprint density at radius 1 is 1.27 bits per heavy atom. The van der Waals surface area contributed by atoms with Gasteiger partial charge in [-0.1, -0.05) is 15.9 Å². The minimum Gasteiger partial charge on any atom is -0.486 e. The SMILES string of the molecule is CCn1nccc1C(C)NC(=O)c1ccc(COc2ccc(Br)cc2)o1. The molecule has 0 fully saturated rings. The molecule has 3 rings (SSSR count). The van der Waals surface area contributed by atoms with Crippen LogP contribution in [-0.2, 0) is 13.2 Å². The van der Waals surface area contributed by atoms with Crippen LogP contribution in [0.1, 0.15) is 41.9 Å². The Bertz CT molecular complexity index is 870. The van der Waals surface area contributed by atoms with Gasteiger partial charge in [-0.05, 0) is 56.3 Å². The molecule has 0 radical (unpaired) electrons. The van der Waals surface area contributed by atoms with Gasteiger partial charge < -0.3 is 14.5 Å². The molecule has 7 heteroatoms. The van der Waals surface area contributed by atoms with Crippen LogP contribution in [0, 0.1) is 0 Å². The highest BCUT2D eigenvalue weighted by Gasteiger charge is 2.17. The minimum absolute atomic E-state index is 0.169. The first-order chi connectivity index (χ1) is 12.6. The molecule has 136 valence electrons. The van der Waals surface area contributed by atoms with Gasteiger partial charge in [0.25, 0.3) is 5.91 Å². The molecular weight excluding hydrogens is 398 g/mol. The van der Waals surface area contributed by atoms with Crippen LogP contribution in [0.4, 0.5) is 0 Å². The van der Waals surface area contributed by atoms with Crippen molar-refractivity contribution in [1.82, 2.24) is 15.1 Å². The zero-order valence-electron chi connectivity index (χ0n) is 14.6. The quantitative estimate of drug-likeness (QED) is 0.620. The maximum Gasteiger partial charge on any atom is 0.287 e. The van der Waals surface area contributed by atoms with Crippen LogP contribution in [0.15, 0.2) is 57.6 Å². The summed E-state index contributed by atoms with van der Waals surface area (Å²) in [6.45, 7) is 4.94. The Morgan fingerprint density at radius 2 is 2.04 bits per heavy atom. The smallest absolute Gasteiger partial charge is 0.287 e. The molecule has 0 aliphatic heterocycles. The van der Waals surface area contributed by atoms with E-state index in [0.717, 1.165) is 22.5 Å². The number of amides is 1. The van der Waals surface area contributed by atoms with Gasteiger partial charge >= 0.3 is 0 Å². The largest absolute Gasteiger partial charge is 0.486 e. The van der Waals surface area contributed by atoms with E-state index in [9.17, 15) is 4.79 Å². The molecule has 1 atom stereocenters. The third-order valence-electron chi connectivity index (χ3n) is 3.92. The predicted molar refractivity (Wildman–Crippen MR) is 101 cm³/mol. The summed E-state index contributed by atoms with van der Waals surface area (Å²) in [5.74, 6) is 1.31. The summed E-state index contributed by atoms with van der Waals surface area (Å²) in [7, 11) is 0. The molecule has 1 unspecified atom stereocenters. The van der Waals surface area contributed by atoms with Gasteiger partial charge in [-0.3, -0.25) is 9.48 Å². The molecular formula is C19H20BrN3O3. The van der Waals surface area contributed by atoms with Crippen LogP contribution in [-0.4, -0.2) is 15.7 Å². The van der Waals surface area contributed by atoms with E-state index in [1.165, 1.54) is 0 Å². The second kappa shape index (κ2) is 8.23. The Kier molecular flexibility index (Phi) is 5.78. The molecule has 2 aromatic heterocycles. The van der Waals surface area contributed by atoms with Crippen molar-refractivity contribution in [1.29, 1.82) is 0 Å². The normalized spacial score (nSPS) is 12.0. The van der Waals surface area contributed by atoms with Gasteiger partial charge in [0, 0.05) is 17.2 Å². The molecule has 3 aromatic rings. The van der Waals surface area contributed by atoms with Crippen molar-refractivity contribution in [3.63, 3.8) is 0 Å². The van der Waals surface area contributed by atoms with Crippen LogP contribution < -0.4 is 10.1 Å². The van der Waals surface area contributed by atoms with Crippen molar-refractivity contribution >= 4 is 21.8 Å². The average Bonchev–Trinajstić information content (AvgIpc) is 3.30. The Labute approximate surface area is 160 Å². The number of carbonyl (C=O) groups excluding carboxylic acids is 1. The number of carbonyl (C=O) groups is 1. The van der Waals surface area contributed by atoms with Crippen molar-refractivity contribution in [2.45, 2.75) is 33.0 Å². The molecule has 1 aromatic carbocycles. The Balaban J connectivity index is 1.58. The van der Waals surface area contributed by atoms with E-state index in [2.05, 4.69) is 26.3 Å². The first-order valence-corrected chi connectivity index (χ1v) is 9.15. The zero-order valence-corrected chi connectivity index (χ0v) is 16.2. The molecule has 0 spiro atoms. The van der Waals surface area contributed by atoms with Crippen LogP contribution in [0.3, 0.4) is 0 Å². The summed E-state index contributed by atoms with van der Waals surface area (Å²) in [6, 6.07) is 12.6. The van der Waals surface area contributed by atoms with E-state index in [0.29, 0.717) is 5.76 Å². The molecule has 0 aliphatic carbocycles. The van der Waals surface area contributed by atoms with E-state index in [4.69, 9.17) is 9.15 Å². The topological polar surface area (TPSA) is 69.3 Å². The standard InChI is InChI=1S/C19H20BrN3O3/c1-3-23-17(10-11-21-23)13(2)22-19(24)18-9-8-16(26-18)12-25-15-6-4-14(20)5-7-15/h4-11,13H,3,12H2,1-2H3,(H,22,24). The highest BCUT2D eigenvalue weighted by molar-refractivity contribution is 9.10. The van der Waals surface area contributed by atoms with Gasteiger partial charge in [0.2, 0.25) is 0 Å². The maximum absolute atomic E-state index is 12.4. The van der Waals surface area contributed by atoms with E-state index in [-0.39, 0.29) is 24.3 Å². The first-order valence-electron chi connectivity index (χ1n) is 8.36. The van der Waals surface area contributed by atoms with Crippen molar-refractivity contribution in [3.8, 4) is 5.75 Å². The van der Waals surface area contributed by atoms with E-state index in [1.807, 2.05) is 48.9 Å². The molecule has 2 heterocycles. The second-order valence-corrected chi connectivity index (χ2v) is 6.69. The van der Waals surface area contributed by atoms with Crippen molar-refractivity contribution in [3.05, 3.63) is 70.3 Å². The predicted octanol–water partition coefficient (Wildman–Crippen LogP) is 4.33. The summed E-state index contributed by atoms with van der Waals surface area (Å²) in [4.78, 5) is 12.4.